The molecule has 0 saturated heterocycles. The first kappa shape index (κ1) is 25.3. The number of sulfonamides is 1. The summed E-state index contributed by atoms with van der Waals surface area (Å²) in [4.78, 5) is 40.8. The van der Waals surface area contributed by atoms with Crippen LogP contribution in [0, 0.1) is 0 Å². The van der Waals surface area contributed by atoms with Crippen molar-refractivity contribution in [2.24, 2.45) is 0 Å². The van der Waals surface area contributed by atoms with Crippen molar-refractivity contribution in [2.75, 3.05) is 10.6 Å². The topological polar surface area (TPSA) is 155 Å². The van der Waals surface area contributed by atoms with Crippen molar-refractivity contribution in [3.63, 3.8) is 0 Å². The summed E-state index contributed by atoms with van der Waals surface area (Å²) in [5.74, 6) is 0.735. The SMILES string of the molecule is O=C(Nc1ccc(-n2c(=O)[nH]c3cc(NCc4ccco4)ccc3c2=O)cc1)NS(=O)(=O)c1ccc(Cl)s1. The minimum absolute atomic E-state index is 0.108. The highest BCUT2D eigenvalue weighted by atomic mass is 35.5. The molecular formula is C24H18ClN5O6S2. The molecule has 2 aromatic carbocycles. The Balaban J connectivity index is 1.33. The molecule has 0 radical (unpaired) electrons. The van der Waals surface area contributed by atoms with E-state index >= 15 is 0 Å². The van der Waals surface area contributed by atoms with E-state index in [0.29, 0.717) is 23.1 Å². The number of nitrogens with one attached hydrogen (secondary N) is 4. The van der Waals surface area contributed by atoms with Crippen LogP contribution >= 0.6 is 22.9 Å². The van der Waals surface area contributed by atoms with E-state index in [1.807, 2.05) is 10.8 Å². The number of halogens is 1. The molecule has 2 amide bonds. The van der Waals surface area contributed by atoms with E-state index in [1.165, 1.54) is 36.4 Å². The zero-order valence-electron chi connectivity index (χ0n) is 19.2. The van der Waals surface area contributed by atoms with Gasteiger partial charge in [-0.15, -0.1) is 11.3 Å². The van der Waals surface area contributed by atoms with Crippen LogP contribution in [-0.4, -0.2) is 24.0 Å². The first-order chi connectivity index (χ1) is 18.2. The summed E-state index contributed by atoms with van der Waals surface area (Å²) in [5.41, 5.74) is 0.377. The summed E-state index contributed by atoms with van der Waals surface area (Å²) in [6.45, 7) is 0.437. The van der Waals surface area contributed by atoms with Crippen LogP contribution in [0.1, 0.15) is 5.76 Å². The lowest BCUT2D eigenvalue weighted by molar-refractivity contribution is 0.256. The van der Waals surface area contributed by atoms with E-state index < -0.39 is 27.3 Å². The van der Waals surface area contributed by atoms with Crippen molar-refractivity contribution in [3.8, 4) is 5.69 Å². The number of hydrogen-bond donors (Lipinski definition) is 4. The van der Waals surface area contributed by atoms with Gasteiger partial charge in [0, 0.05) is 11.4 Å². The Kier molecular flexibility index (Phi) is 6.80. The molecule has 0 saturated carbocycles. The molecule has 14 heteroatoms. The number of amides is 2. The molecular weight excluding hydrogens is 554 g/mol. The second kappa shape index (κ2) is 10.2. The third-order valence-corrected chi connectivity index (χ3v) is 8.42. The minimum atomic E-state index is -4.09. The zero-order chi connectivity index (χ0) is 26.9. The lowest BCUT2D eigenvalue weighted by atomic mass is 10.2. The molecule has 0 spiro atoms. The van der Waals surface area contributed by atoms with Crippen LogP contribution in [0.2, 0.25) is 4.34 Å². The maximum atomic E-state index is 13.1. The number of urea groups is 1. The molecule has 0 unspecified atom stereocenters. The molecule has 11 nitrogen and oxygen atoms in total. The molecule has 5 aromatic rings. The third-order valence-electron chi connectivity index (χ3n) is 5.37. The Morgan fingerprint density at radius 3 is 2.47 bits per heavy atom. The van der Waals surface area contributed by atoms with Crippen molar-refractivity contribution in [3.05, 3.63) is 104 Å². The number of thiophene rings is 1. The van der Waals surface area contributed by atoms with Gasteiger partial charge in [0.15, 0.2) is 0 Å². The molecule has 0 atom stereocenters. The van der Waals surface area contributed by atoms with Crippen molar-refractivity contribution >= 4 is 61.3 Å². The summed E-state index contributed by atoms with van der Waals surface area (Å²) in [6.07, 6.45) is 1.57. The largest absolute Gasteiger partial charge is 0.467 e. The summed E-state index contributed by atoms with van der Waals surface area (Å²) >= 11 is 6.57. The maximum absolute atomic E-state index is 13.1. The van der Waals surface area contributed by atoms with Gasteiger partial charge >= 0.3 is 11.7 Å². The molecule has 0 fully saturated rings. The summed E-state index contributed by atoms with van der Waals surface area (Å²) < 4.78 is 32.8. The number of aromatic nitrogens is 2. The zero-order valence-corrected chi connectivity index (χ0v) is 21.6. The number of carbonyl (C=O) groups excluding carboxylic acids is 1. The number of anilines is 2. The number of H-pyrrole nitrogens is 1. The van der Waals surface area contributed by atoms with Crippen molar-refractivity contribution in [1.82, 2.24) is 14.3 Å². The van der Waals surface area contributed by atoms with Gasteiger partial charge in [-0.25, -0.2) is 27.3 Å². The van der Waals surface area contributed by atoms with Crippen molar-refractivity contribution < 1.29 is 17.6 Å². The monoisotopic (exact) mass is 571 g/mol. The second-order valence-corrected chi connectivity index (χ2v) is 11.6. The maximum Gasteiger partial charge on any atom is 0.333 e. The first-order valence-corrected chi connectivity index (χ1v) is 13.6. The van der Waals surface area contributed by atoms with E-state index in [2.05, 4.69) is 15.6 Å². The molecule has 4 N–H and O–H groups in total. The van der Waals surface area contributed by atoms with Gasteiger partial charge in [0.2, 0.25) is 0 Å². The van der Waals surface area contributed by atoms with Gasteiger partial charge in [-0.3, -0.25) is 4.79 Å². The molecule has 5 rings (SSSR count). The number of hydrogen-bond acceptors (Lipinski definition) is 8. The summed E-state index contributed by atoms with van der Waals surface area (Å²) in [6, 6.07) is 16.1. The Labute approximate surface area is 223 Å². The average Bonchev–Trinajstić information content (AvgIpc) is 3.55. The Bertz CT molecular complexity index is 1860. The molecule has 0 aliphatic carbocycles. The van der Waals surface area contributed by atoms with Gasteiger partial charge in [-0.05, 0) is 66.7 Å². The number of furan rings is 1. The number of benzene rings is 2. The minimum Gasteiger partial charge on any atom is -0.467 e. The fourth-order valence-electron chi connectivity index (χ4n) is 3.63. The van der Waals surface area contributed by atoms with Crippen molar-refractivity contribution in [2.45, 2.75) is 10.8 Å². The molecule has 0 bridgehead atoms. The number of rotatable bonds is 7. The quantitative estimate of drug-likeness (QED) is 0.229. The van der Waals surface area contributed by atoms with Gasteiger partial charge in [0.1, 0.15) is 9.97 Å². The highest BCUT2D eigenvalue weighted by Crippen LogP contribution is 2.25. The van der Waals surface area contributed by atoms with Crippen LogP contribution in [0.25, 0.3) is 16.6 Å². The number of aromatic amines is 1. The predicted molar refractivity (Wildman–Crippen MR) is 145 cm³/mol. The van der Waals surface area contributed by atoms with Crippen LogP contribution in [0.15, 0.2) is 91.2 Å². The highest BCUT2D eigenvalue weighted by Gasteiger charge is 2.20. The lowest BCUT2D eigenvalue weighted by Gasteiger charge is -2.10. The predicted octanol–water partition coefficient (Wildman–Crippen LogP) is 4.11. The molecule has 3 aromatic heterocycles. The first-order valence-electron chi connectivity index (χ1n) is 10.9. The van der Waals surface area contributed by atoms with Crippen LogP contribution in [-0.2, 0) is 16.6 Å². The molecule has 194 valence electrons. The number of fused-ring (bicyclic) bond motifs is 1. The van der Waals surface area contributed by atoms with Crippen LogP contribution in [0.3, 0.4) is 0 Å². The fraction of sp³-hybridized carbons (Fsp3) is 0.0417. The van der Waals surface area contributed by atoms with E-state index in [9.17, 15) is 22.8 Å². The summed E-state index contributed by atoms with van der Waals surface area (Å²) in [7, 11) is -4.09. The van der Waals surface area contributed by atoms with Crippen molar-refractivity contribution in [1.29, 1.82) is 0 Å². The normalized spacial score (nSPS) is 11.4. The van der Waals surface area contributed by atoms with Gasteiger partial charge < -0.3 is 20.0 Å². The Morgan fingerprint density at radius 2 is 1.79 bits per heavy atom. The Morgan fingerprint density at radius 1 is 1.03 bits per heavy atom. The molecule has 0 aliphatic rings. The van der Waals surface area contributed by atoms with Gasteiger partial charge in [-0.1, -0.05) is 11.6 Å². The van der Waals surface area contributed by atoms with E-state index in [-0.39, 0.29) is 19.9 Å². The second-order valence-electron chi connectivity index (χ2n) is 7.93. The smallest absolute Gasteiger partial charge is 0.333 e. The van der Waals surface area contributed by atoms with Gasteiger partial charge in [0.05, 0.1) is 33.7 Å². The van der Waals surface area contributed by atoms with Crippen LogP contribution in [0.4, 0.5) is 16.2 Å². The van der Waals surface area contributed by atoms with E-state index in [0.717, 1.165) is 21.7 Å². The molecule has 38 heavy (non-hydrogen) atoms. The highest BCUT2D eigenvalue weighted by molar-refractivity contribution is 7.92. The van der Waals surface area contributed by atoms with E-state index in [4.69, 9.17) is 16.0 Å². The average molecular weight is 572 g/mol. The molecule has 3 heterocycles. The summed E-state index contributed by atoms with van der Waals surface area (Å²) in [5, 5.41) is 5.86. The van der Waals surface area contributed by atoms with Crippen LogP contribution in [0.5, 0.6) is 0 Å². The number of nitrogens with zero attached hydrogens (tertiary/aromatic N) is 1. The molecule has 0 aliphatic heterocycles. The van der Waals surface area contributed by atoms with Gasteiger partial charge in [-0.2, -0.15) is 0 Å². The van der Waals surface area contributed by atoms with Gasteiger partial charge in [0.25, 0.3) is 15.6 Å². The lowest BCUT2D eigenvalue weighted by Crippen LogP contribution is -2.34. The van der Waals surface area contributed by atoms with Crippen LogP contribution < -0.4 is 26.6 Å². The van der Waals surface area contributed by atoms with E-state index in [1.54, 1.807) is 30.5 Å². The fourth-order valence-corrected chi connectivity index (χ4v) is 6.02. The third kappa shape index (κ3) is 5.34. The Hall–Kier alpha value is -4.33. The number of carbonyl (C=O) groups is 1. The standard InChI is InChI=1S/C24H18ClN5O6S2/c25-20-9-10-21(37-20)38(34,35)29-23(32)27-14-3-6-16(7-4-14)30-22(31)18-8-5-15(12-19(18)28-24(30)33)26-13-17-2-1-11-36-17/h1-12,26H,13H2,(H,28,33)(H2,27,29,32).